The van der Waals surface area contributed by atoms with E-state index in [2.05, 4.69) is 22.0 Å². The number of hydrogen-bond acceptors (Lipinski definition) is 5. The van der Waals surface area contributed by atoms with Crippen LogP contribution < -0.4 is 16.0 Å². The number of nitrogens with one attached hydrogen (secondary N) is 3. The second kappa shape index (κ2) is 5.86. The van der Waals surface area contributed by atoms with Gasteiger partial charge in [-0.25, -0.2) is 0 Å². The van der Waals surface area contributed by atoms with Crippen LogP contribution in [-0.4, -0.2) is 30.0 Å². The molecule has 2 aromatic rings. The summed E-state index contributed by atoms with van der Waals surface area (Å²) in [6.07, 6.45) is 0.884. The summed E-state index contributed by atoms with van der Waals surface area (Å²) in [5, 5.41) is 20.4. The van der Waals surface area contributed by atoms with Gasteiger partial charge >= 0.3 is 0 Å². The molecule has 0 aliphatic carbocycles. The van der Waals surface area contributed by atoms with Crippen LogP contribution >= 0.6 is 0 Å². The van der Waals surface area contributed by atoms with Gasteiger partial charge in [0.15, 0.2) is 0 Å². The fourth-order valence-electron chi connectivity index (χ4n) is 3.88. The molecule has 0 aromatic heterocycles. The number of fused-ring (bicyclic) bond motifs is 2. The van der Waals surface area contributed by atoms with Gasteiger partial charge in [0.25, 0.3) is 5.69 Å². The topological polar surface area (TPSA) is 96.3 Å². The highest BCUT2D eigenvalue weighted by Crippen LogP contribution is 2.45. The van der Waals surface area contributed by atoms with E-state index in [1.165, 1.54) is 17.7 Å². The zero-order valence-corrected chi connectivity index (χ0v) is 13.5. The standard InChI is InChI=1S/C18H18N4O3/c23-17(20-12-5-7-13(8-6-12)22(24)25)16-18(9-10-19-11-18)14-3-1-2-4-15(14)21-16/h1-8,16,19,21H,9-11H2,(H,20,23). The minimum Gasteiger partial charge on any atom is -0.373 e. The van der Waals surface area contributed by atoms with Gasteiger partial charge in [-0.3, -0.25) is 14.9 Å². The first kappa shape index (κ1) is 15.6. The number of carbonyl (C=O) groups excluding carboxylic acids is 1. The molecule has 2 atom stereocenters. The van der Waals surface area contributed by atoms with Gasteiger partial charge in [0, 0.05) is 35.5 Å². The minimum atomic E-state index is -0.458. The molecule has 1 amide bonds. The lowest BCUT2D eigenvalue weighted by molar-refractivity contribution is -0.384. The van der Waals surface area contributed by atoms with Crippen LogP contribution in [0.25, 0.3) is 0 Å². The number of hydrogen-bond donors (Lipinski definition) is 3. The molecular weight excluding hydrogens is 320 g/mol. The van der Waals surface area contributed by atoms with Crippen LogP contribution in [0, 0.1) is 10.1 Å². The van der Waals surface area contributed by atoms with E-state index in [-0.39, 0.29) is 23.1 Å². The van der Waals surface area contributed by atoms with E-state index in [1.54, 1.807) is 12.1 Å². The van der Waals surface area contributed by atoms with Gasteiger partial charge in [-0.1, -0.05) is 18.2 Å². The van der Waals surface area contributed by atoms with Gasteiger partial charge in [0.2, 0.25) is 5.91 Å². The van der Waals surface area contributed by atoms with Gasteiger partial charge in [-0.05, 0) is 36.7 Å². The molecule has 2 aliphatic rings. The number of nitro benzene ring substituents is 1. The van der Waals surface area contributed by atoms with E-state index in [9.17, 15) is 14.9 Å². The average Bonchev–Trinajstić information content (AvgIpc) is 3.22. The first-order chi connectivity index (χ1) is 12.1. The van der Waals surface area contributed by atoms with Crippen molar-refractivity contribution in [2.75, 3.05) is 23.7 Å². The van der Waals surface area contributed by atoms with Gasteiger partial charge in [0.1, 0.15) is 6.04 Å². The first-order valence-corrected chi connectivity index (χ1v) is 8.22. The summed E-state index contributed by atoms with van der Waals surface area (Å²) in [5.74, 6) is -0.131. The second-order valence-corrected chi connectivity index (χ2v) is 6.50. The molecular formula is C18H18N4O3. The van der Waals surface area contributed by atoms with E-state index >= 15 is 0 Å². The van der Waals surface area contributed by atoms with Crippen molar-refractivity contribution in [2.24, 2.45) is 0 Å². The van der Waals surface area contributed by atoms with Crippen LogP contribution in [0.4, 0.5) is 17.1 Å². The van der Waals surface area contributed by atoms with Crippen LogP contribution in [0.15, 0.2) is 48.5 Å². The van der Waals surface area contributed by atoms with Gasteiger partial charge in [0.05, 0.1) is 4.92 Å². The third-order valence-corrected chi connectivity index (χ3v) is 5.11. The molecule has 1 fully saturated rings. The quantitative estimate of drug-likeness (QED) is 0.589. The fraction of sp³-hybridized carbons (Fsp3) is 0.278. The van der Waals surface area contributed by atoms with E-state index in [1.807, 2.05) is 18.2 Å². The predicted octanol–water partition coefficient (Wildman–Crippen LogP) is 2.26. The number of rotatable bonds is 3. The molecule has 128 valence electrons. The third kappa shape index (κ3) is 2.53. The lowest BCUT2D eigenvalue weighted by Crippen LogP contribution is -2.48. The van der Waals surface area contributed by atoms with Gasteiger partial charge in [-0.15, -0.1) is 0 Å². The Morgan fingerprint density at radius 1 is 1.20 bits per heavy atom. The second-order valence-electron chi connectivity index (χ2n) is 6.50. The first-order valence-electron chi connectivity index (χ1n) is 8.22. The number of nitro groups is 1. The molecule has 7 nitrogen and oxygen atoms in total. The number of anilines is 2. The van der Waals surface area contributed by atoms with E-state index in [0.29, 0.717) is 5.69 Å². The lowest BCUT2D eigenvalue weighted by atomic mass is 9.75. The number of nitrogens with zero attached hydrogens (tertiary/aromatic N) is 1. The largest absolute Gasteiger partial charge is 0.373 e. The molecule has 2 heterocycles. The molecule has 2 unspecified atom stereocenters. The smallest absolute Gasteiger partial charge is 0.269 e. The number of carbonyl (C=O) groups is 1. The molecule has 0 saturated carbocycles. The molecule has 1 saturated heterocycles. The monoisotopic (exact) mass is 338 g/mol. The summed E-state index contributed by atoms with van der Waals surface area (Å²) in [5.41, 5.74) is 2.45. The summed E-state index contributed by atoms with van der Waals surface area (Å²) in [6.45, 7) is 1.62. The average molecular weight is 338 g/mol. The molecule has 0 radical (unpaired) electrons. The van der Waals surface area contributed by atoms with Gasteiger partial charge in [-0.2, -0.15) is 0 Å². The Morgan fingerprint density at radius 3 is 2.64 bits per heavy atom. The van der Waals surface area contributed by atoms with Crippen LogP contribution in [0.1, 0.15) is 12.0 Å². The van der Waals surface area contributed by atoms with Crippen LogP contribution in [0.3, 0.4) is 0 Å². The van der Waals surface area contributed by atoms with Crippen LogP contribution in [0.2, 0.25) is 0 Å². The number of benzene rings is 2. The van der Waals surface area contributed by atoms with Crippen molar-refractivity contribution in [3.63, 3.8) is 0 Å². The summed E-state index contributed by atoms with van der Waals surface area (Å²) < 4.78 is 0. The van der Waals surface area contributed by atoms with Crippen molar-refractivity contribution in [1.82, 2.24) is 5.32 Å². The summed E-state index contributed by atoms with van der Waals surface area (Å²) in [4.78, 5) is 23.2. The Bertz CT molecular complexity index is 828. The molecule has 2 aliphatic heterocycles. The molecule has 2 aromatic carbocycles. The van der Waals surface area contributed by atoms with E-state index in [4.69, 9.17) is 0 Å². The third-order valence-electron chi connectivity index (χ3n) is 5.11. The molecule has 25 heavy (non-hydrogen) atoms. The Labute approximate surface area is 144 Å². The number of amides is 1. The molecule has 7 heteroatoms. The summed E-state index contributed by atoms with van der Waals surface area (Å²) in [6, 6.07) is 13.5. The van der Waals surface area contributed by atoms with Gasteiger partial charge < -0.3 is 16.0 Å². The lowest BCUT2D eigenvalue weighted by Gasteiger charge is -2.29. The predicted molar refractivity (Wildman–Crippen MR) is 94.7 cm³/mol. The summed E-state index contributed by atoms with van der Waals surface area (Å²) >= 11 is 0. The Morgan fingerprint density at radius 2 is 1.96 bits per heavy atom. The summed E-state index contributed by atoms with van der Waals surface area (Å²) in [7, 11) is 0. The Hall–Kier alpha value is -2.93. The van der Waals surface area contributed by atoms with Crippen molar-refractivity contribution in [1.29, 1.82) is 0 Å². The molecule has 1 spiro atoms. The maximum absolute atomic E-state index is 12.9. The number of non-ortho nitro benzene ring substituents is 1. The normalized spacial score (nSPS) is 23.9. The number of para-hydroxylation sites is 1. The van der Waals surface area contributed by atoms with Crippen LogP contribution in [0.5, 0.6) is 0 Å². The highest BCUT2D eigenvalue weighted by molar-refractivity contribution is 5.99. The van der Waals surface area contributed by atoms with E-state index in [0.717, 1.165) is 25.2 Å². The van der Waals surface area contributed by atoms with Crippen molar-refractivity contribution >= 4 is 23.0 Å². The van der Waals surface area contributed by atoms with Crippen molar-refractivity contribution in [2.45, 2.75) is 17.9 Å². The maximum atomic E-state index is 12.9. The Balaban J connectivity index is 1.59. The minimum absolute atomic E-state index is 0.000795. The Kier molecular flexibility index (Phi) is 3.65. The SMILES string of the molecule is O=C(Nc1ccc([N+](=O)[O-])cc1)C1Nc2ccccc2C12CCNC2. The van der Waals surface area contributed by atoms with Crippen molar-refractivity contribution in [3.05, 3.63) is 64.2 Å². The van der Waals surface area contributed by atoms with E-state index < -0.39 is 4.92 Å². The van der Waals surface area contributed by atoms with Crippen LogP contribution in [-0.2, 0) is 10.2 Å². The maximum Gasteiger partial charge on any atom is 0.269 e. The molecule has 0 bridgehead atoms. The molecule has 4 rings (SSSR count). The highest BCUT2D eigenvalue weighted by atomic mass is 16.6. The van der Waals surface area contributed by atoms with Crippen molar-refractivity contribution in [3.8, 4) is 0 Å². The van der Waals surface area contributed by atoms with Crippen molar-refractivity contribution < 1.29 is 9.72 Å². The zero-order valence-electron chi connectivity index (χ0n) is 13.5. The molecule has 3 N–H and O–H groups in total. The zero-order chi connectivity index (χ0) is 17.4. The fourth-order valence-corrected chi connectivity index (χ4v) is 3.88. The highest BCUT2D eigenvalue weighted by Gasteiger charge is 2.51.